The fourth-order valence-electron chi connectivity index (χ4n) is 2.87. The van der Waals surface area contributed by atoms with Crippen molar-refractivity contribution in [1.82, 2.24) is 0 Å². The molecule has 0 saturated carbocycles. The molecule has 0 spiro atoms. The van der Waals surface area contributed by atoms with Crippen LogP contribution in [0.4, 0.5) is 35.1 Å². The second kappa shape index (κ2) is 6.79. The molecular weight excluding hydrogens is 483 g/mol. The molecule has 0 aliphatic heterocycles. The lowest BCUT2D eigenvalue weighted by Gasteiger charge is -2.38. The average Bonchev–Trinajstić information content (AvgIpc) is 2.51. The van der Waals surface area contributed by atoms with Crippen LogP contribution in [0.5, 0.6) is 0 Å². The second-order valence-corrected chi connectivity index (χ2v) is 7.05. The van der Waals surface area contributed by atoms with E-state index in [9.17, 15) is 35.1 Å². The largest absolute Gasteiger partial charge is 0.435 e. The Morgan fingerprint density at radius 2 is 1.50 bits per heavy atom. The maximum Gasteiger partial charge on any atom is 0.435 e. The van der Waals surface area contributed by atoms with Crippen LogP contribution in [0.15, 0.2) is 45.6 Å². The number of alkyl halides is 7. The van der Waals surface area contributed by atoms with Gasteiger partial charge in [0.05, 0.1) is 0 Å². The Morgan fingerprint density at radius 3 is 1.96 bits per heavy atom. The number of halogens is 9. The van der Waals surface area contributed by atoms with E-state index in [4.69, 9.17) is 0 Å². The Balaban J connectivity index is 2.77. The molecule has 9 heteroatoms. The van der Waals surface area contributed by atoms with E-state index in [2.05, 4.69) is 0 Å². The van der Waals surface area contributed by atoms with E-state index in [0.29, 0.717) is 12.2 Å². The molecule has 0 nitrogen and oxygen atoms in total. The summed E-state index contributed by atoms with van der Waals surface area (Å²) < 4.78 is 107. The summed E-state index contributed by atoms with van der Waals surface area (Å²) in [6, 6.07) is 5.02. The summed E-state index contributed by atoms with van der Waals surface area (Å²) in [7, 11) is 0. The van der Waals surface area contributed by atoms with Crippen LogP contribution in [0.1, 0.15) is 18.9 Å². The van der Waals surface area contributed by atoms with Gasteiger partial charge in [0.1, 0.15) is 5.82 Å². The third-order valence-corrected chi connectivity index (χ3v) is 4.86. The lowest BCUT2D eigenvalue weighted by molar-refractivity contribution is -0.325. The number of benzene rings is 1. The van der Waals surface area contributed by atoms with E-state index in [-0.39, 0.29) is 15.6 Å². The minimum Gasteiger partial charge on any atom is -0.218 e. The molecule has 1 unspecified atom stereocenters. The average molecular weight is 495 g/mol. The number of rotatable bonds is 3. The van der Waals surface area contributed by atoms with Gasteiger partial charge >= 0.3 is 18.0 Å². The number of hydrogen-bond donors (Lipinski definition) is 0. The predicted molar refractivity (Wildman–Crippen MR) is 88.8 cm³/mol. The van der Waals surface area contributed by atoms with Gasteiger partial charge in [-0.05, 0) is 50.3 Å². The number of allylic oxidation sites excluding steroid dienone is 4. The standard InChI is InChI=1S/C17H12F8I/c1-2-14(12-5-3-4-6-13(12)18)8-10(7-11(26)9-14)15(19,16(20,21)22)17(23,24)25/h3-9H,2H2,1H3. The van der Waals surface area contributed by atoms with Crippen molar-refractivity contribution < 1.29 is 35.1 Å². The summed E-state index contributed by atoms with van der Waals surface area (Å²) in [4.78, 5) is 0. The summed E-state index contributed by atoms with van der Waals surface area (Å²) in [6.45, 7) is 1.47. The van der Waals surface area contributed by atoms with E-state index in [1.165, 1.54) is 54.1 Å². The molecule has 1 atom stereocenters. The summed E-state index contributed by atoms with van der Waals surface area (Å²) >= 11 is 1.50. The Morgan fingerprint density at radius 1 is 0.962 bits per heavy atom. The van der Waals surface area contributed by atoms with Crippen LogP contribution in [-0.4, -0.2) is 18.0 Å². The first-order valence-corrected chi connectivity index (χ1v) is 8.40. The zero-order valence-corrected chi connectivity index (χ0v) is 15.3. The van der Waals surface area contributed by atoms with Gasteiger partial charge in [0.25, 0.3) is 0 Å². The Labute approximate surface area is 158 Å². The summed E-state index contributed by atoms with van der Waals surface area (Å²) in [6.07, 6.45) is -10.2. The van der Waals surface area contributed by atoms with E-state index in [0.717, 1.165) is 6.07 Å². The summed E-state index contributed by atoms with van der Waals surface area (Å²) in [5.74, 6) is -0.809. The molecule has 1 aromatic rings. The van der Waals surface area contributed by atoms with E-state index >= 15 is 0 Å². The summed E-state index contributed by atoms with van der Waals surface area (Å²) in [5, 5.41) is 0. The van der Waals surface area contributed by atoms with Gasteiger partial charge in [-0.15, -0.1) is 0 Å². The molecule has 1 radical (unpaired) electrons. The maximum atomic E-state index is 14.5. The van der Waals surface area contributed by atoms with Crippen molar-refractivity contribution in [2.75, 3.05) is 0 Å². The number of hydrogen-bond acceptors (Lipinski definition) is 0. The monoisotopic (exact) mass is 495 g/mol. The van der Waals surface area contributed by atoms with Gasteiger partial charge in [-0.1, -0.05) is 31.2 Å². The van der Waals surface area contributed by atoms with Crippen molar-refractivity contribution >= 4 is 22.6 Å². The molecule has 0 aromatic heterocycles. The van der Waals surface area contributed by atoms with Crippen LogP contribution >= 0.6 is 22.6 Å². The third kappa shape index (κ3) is 3.38. The molecule has 143 valence electrons. The van der Waals surface area contributed by atoms with Crippen LogP contribution in [-0.2, 0) is 5.41 Å². The van der Waals surface area contributed by atoms with Crippen LogP contribution in [0.2, 0.25) is 0 Å². The lowest BCUT2D eigenvalue weighted by atomic mass is 9.70. The fraction of sp³-hybridized carbons (Fsp3) is 0.353. The molecule has 0 N–H and O–H groups in total. The van der Waals surface area contributed by atoms with Crippen molar-refractivity contribution in [2.45, 2.75) is 36.8 Å². The van der Waals surface area contributed by atoms with Crippen LogP contribution < -0.4 is 0 Å². The maximum absolute atomic E-state index is 14.5. The molecule has 26 heavy (non-hydrogen) atoms. The molecule has 1 aliphatic carbocycles. The van der Waals surface area contributed by atoms with Gasteiger partial charge in [-0.3, -0.25) is 0 Å². The van der Waals surface area contributed by atoms with Crippen LogP contribution in [0.3, 0.4) is 0 Å². The molecule has 0 fully saturated rings. The summed E-state index contributed by atoms with van der Waals surface area (Å²) in [5.41, 5.74) is -8.93. The van der Waals surface area contributed by atoms with Gasteiger partial charge in [0, 0.05) is 17.4 Å². The van der Waals surface area contributed by atoms with E-state index in [1.807, 2.05) is 0 Å². The quantitative estimate of drug-likeness (QED) is 0.321. The van der Waals surface area contributed by atoms with Gasteiger partial charge in [-0.2, -0.15) is 26.3 Å². The lowest BCUT2D eigenvalue weighted by Crippen LogP contribution is -2.55. The Kier molecular flexibility index (Phi) is 5.53. The highest BCUT2D eigenvalue weighted by atomic mass is 127. The molecule has 0 bridgehead atoms. The predicted octanol–water partition coefficient (Wildman–Crippen LogP) is 6.77. The molecule has 0 heterocycles. The van der Waals surface area contributed by atoms with Crippen molar-refractivity contribution in [3.05, 3.63) is 63.4 Å². The van der Waals surface area contributed by atoms with Crippen LogP contribution in [0.25, 0.3) is 0 Å². The fourth-order valence-corrected chi connectivity index (χ4v) is 3.76. The molecule has 0 amide bonds. The molecule has 2 rings (SSSR count). The van der Waals surface area contributed by atoms with Crippen molar-refractivity contribution in [2.24, 2.45) is 0 Å². The van der Waals surface area contributed by atoms with Gasteiger partial charge in [0.15, 0.2) is 0 Å². The van der Waals surface area contributed by atoms with E-state index in [1.54, 1.807) is 0 Å². The molecule has 1 aliphatic rings. The highest BCUT2D eigenvalue weighted by molar-refractivity contribution is 14.1. The van der Waals surface area contributed by atoms with E-state index < -0.39 is 34.8 Å². The first kappa shape index (κ1) is 21.2. The molecular formula is C17H12F8I. The Bertz CT molecular complexity index is 730. The van der Waals surface area contributed by atoms with Crippen molar-refractivity contribution in [3.63, 3.8) is 0 Å². The van der Waals surface area contributed by atoms with Gasteiger partial charge in [0.2, 0.25) is 0 Å². The van der Waals surface area contributed by atoms with Gasteiger partial charge < -0.3 is 0 Å². The first-order valence-electron chi connectivity index (χ1n) is 7.32. The zero-order chi connectivity index (χ0) is 20.0. The highest BCUT2D eigenvalue weighted by Crippen LogP contribution is 2.54. The zero-order valence-electron chi connectivity index (χ0n) is 13.2. The third-order valence-electron chi connectivity index (χ3n) is 4.24. The van der Waals surface area contributed by atoms with Crippen molar-refractivity contribution in [3.8, 4) is 0 Å². The molecule has 0 saturated heterocycles. The topological polar surface area (TPSA) is 0 Å². The minimum atomic E-state index is -6.23. The second-order valence-electron chi connectivity index (χ2n) is 5.80. The Hall–Kier alpha value is -1.13. The first-order chi connectivity index (χ1) is 11.8. The van der Waals surface area contributed by atoms with Crippen molar-refractivity contribution in [1.29, 1.82) is 0 Å². The van der Waals surface area contributed by atoms with Gasteiger partial charge in [-0.25, -0.2) is 8.78 Å². The smallest absolute Gasteiger partial charge is 0.218 e. The normalized spacial score (nSPS) is 22.1. The molecule has 1 aromatic carbocycles. The minimum absolute atomic E-state index is 0.0549. The highest BCUT2D eigenvalue weighted by Gasteiger charge is 2.74. The SMILES string of the molecule is CCC1(c2ccccc2F)[CH]C(I)=CC(C(F)(C(F)(F)F)C(F)(F)F)=C1. The van der Waals surface area contributed by atoms with Crippen LogP contribution in [0, 0.1) is 12.2 Å².